The summed E-state index contributed by atoms with van der Waals surface area (Å²) in [6.45, 7) is 0. The second kappa shape index (κ2) is 16.8. The van der Waals surface area contributed by atoms with E-state index < -0.39 is 0 Å². The minimum Gasteiger partial charge on any atom is -0.0538 e. The molecule has 308 valence electrons. The largest absolute Gasteiger partial charge is 0.0538 e. The summed E-state index contributed by atoms with van der Waals surface area (Å²) in [7, 11) is 0. The molecule has 0 unspecified atom stereocenters. The van der Waals surface area contributed by atoms with Gasteiger partial charge in [0, 0.05) is 0 Å². The Labute approximate surface area is 379 Å². The zero-order valence-corrected chi connectivity index (χ0v) is 36.4. The molecular weight excluding hydrogens is 793 g/mol. The topological polar surface area (TPSA) is 0 Å². The molecule has 0 radical (unpaired) electrons. The highest BCUT2D eigenvalue weighted by Crippen LogP contribution is 2.10. The van der Waals surface area contributed by atoms with Crippen LogP contribution < -0.4 is 0 Å². The maximum atomic E-state index is 2.23. The molecule has 0 fully saturated rings. The maximum Gasteiger partial charge on any atom is -0.0184 e. The first-order valence-corrected chi connectivity index (χ1v) is 22.8. The van der Waals surface area contributed by atoms with E-state index in [0.717, 1.165) is 0 Å². The molecular formula is C66H44. The highest BCUT2D eigenvalue weighted by atomic mass is 14.0. The standard InChI is InChI=1S/C66H44/c1-2-46-4-3-45(1)47-5-7-49(8-6-47)51-13-15-53(16-14-51)55-21-23-57(24-22-55)59-29-31-61(32-30-59)63-37-39-65(40-38-63)66-43-41-64(42-44-66)62-35-33-60(34-36-62)58-27-25-56(26-28-58)54-19-17-52(18-20-54)50-11-9-48(46)10-12-50/h1-44H. The third kappa shape index (κ3) is 7.76. The molecule has 0 saturated carbocycles. The molecule has 0 heterocycles. The van der Waals surface area contributed by atoms with E-state index in [9.17, 15) is 0 Å². The molecule has 0 heteroatoms. The van der Waals surface area contributed by atoms with Crippen molar-refractivity contribution in [2.24, 2.45) is 0 Å². The van der Waals surface area contributed by atoms with Crippen LogP contribution >= 0.6 is 0 Å². The summed E-state index contributed by atoms with van der Waals surface area (Å²) in [5, 5.41) is 26.6. The highest BCUT2D eigenvalue weighted by Gasteiger charge is 1.94. The van der Waals surface area contributed by atoms with Gasteiger partial charge in [-0.05, 0) is 115 Å². The first-order valence-electron chi connectivity index (χ1n) is 22.8. The third-order valence-electron chi connectivity index (χ3n) is 13.4. The fourth-order valence-electron chi connectivity index (χ4n) is 9.41. The summed E-state index contributed by atoms with van der Waals surface area (Å²) in [6, 6.07) is 98.1. The average molecular weight is 837 g/mol. The smallest absolute Gasteiger partial charge is 0.0184 e. The molecule has 22 bridgehead atoms. The summed E-state index contributed by atoms with van der Waals surface area (Å²) < 4.78 is 0. The molecule has 0 spiro atoms. The number of benzene rings is 11. The van der Waals surface area contributed by atoms with Crippen molar-refractivity contribution >= 4 is 0 Å². The summed E-state index contributed by atoms with van der Waals surface area (Å²) in [5.41, 5.74) is 0. The summed E-state index contributed by atoms with van der Waals surface area (Å²) in [5.74, 6) is 0. The number of rotatable bonds is 0. The Bertz CT molecular complexity index is 3260. The highest BCUT2D eigenvalue weighted by molar-refractivity contribution is 5.28. The quantitative estimate of drug-likeness (QED) is 0.143. The average Bonchev–Trinajstić information content (AvgIpc) is 3.41. The van der Waals surface area contributed by atoms with Crippen molar-refractivity contribution in [3.05, 3.63) is 382 Å². The lowest BCUT2D eigenvalue weighted by Gasteiger charge is -1.95. The molecule has 31 aliphatic rings. The van der Waals surface area contributed by atoms with E-state index in [1.165, 1.54) is 115 Å². The van der Waals surface area contributed by atoms with E-state index in [2.05, 4.69) is 267 Å². The van der Waals surface area contributed by atoms with Crippen molar-refractivity contribution in [2.45, 2.75) is 0 Å². The fraction of sp³-hybridized carbons (Fsp3) is 0. The van der Waals surface area contributed by atoms with Gasteiger partial charge in [-0.3, -0.25) is 0 Å². The normalized spacial score (nSPS) is 11.3. The predicted molar refractivity (Wildman–Crippen MR) is 265 cm³/mol. The Morgan fingerprint density at radius 1 is 0.0606 bits per heavy atom. The summed E-state index contributed by atoms with van der Waals surface area (Å²) in [4.78, 5) is 0. The van der Waals surface area contributed by atoms with Crippen LogP contribution in [0.2, 0.25) is 0 Å². The molecule has 0 atom stereocenters. The lowest BCUT2D eigenvalue weighted by atomic mass is 10.1. The van der Waals surface area contributed by atoms with Crippen molar-refractivity contribution in [3.8, 4) is 0 Å². The van der Waals surface area contributed by atoms with Gasteiger partial charge in [0.2, 0.25) is 0 Å². The van der Waals surface area contributed by atoms with Crippen LogP contribution in [0.3, 0.4) is 0 Å². The molecule has 0 nitrogen and oxygen atoms in total. The summed E-state index contributed by atoms with van der Waals surface area (Å²) >= 11 is 0. The van der Waals surface area contributed by atoms with Crippen molar-refractivity contribution in [3.63, 3.8) is 0 Å². The minimum absolute atomic E-state index is 1.21. The van der Waals surface area contributed by atoms with E-state index in [0.29, 0.717) is 0 Å². The van der Waals surface area contributed by atoms with Crippen LogP contribution in [0.5, 0.6) is 0 Å². The Hall–Kier alpha value is -8.58. The molecule has 0 N–H and O–H groups in total. The number of hydrogen-bond acceptors (Lipinski definition) is 0. The molecule has 42 rings (SSSR count). The zero-order valence-electron chi connectivity index (χ0n) is 36.4. The van der Waals surface area contributed by atoms with Crippen LogP contribution in [0, 0.1) is 115 Å². The Morgan fingerprint density at radius 2 is 0.0909 bits per heavy atom. The van der Waals surface area contributed by atoms with Crippen LogP contribution in [0.25, 0.3) is 0 Å². The van der Waals surface area contributed by atoms with Gasteiger partial charge in [0.15, 0.2) is 0 Å². The minimum atomic E-state index is 1.21. The first-order chi connectivity index (χ1) is 32.6. The van der Waals surface area contributed by atoms with E-state index in [4.69, 9.17) is 0 Å². The predicted octanol–water partition coefficient (Wildman–Crippen LogP) is 14.2. The lowest BCUT2D eigenvalue weighted by Crippen LogP contribution is -1.80. The van der Waals surface area contributed by atoms with Gasteiger partial charge in [-0.2, -0.15) is 0 Å². The second-order valence-corrected chi connectivity index (χ2v) is 17.4. The Morgan fingerprint density at radius 3 is 0.121 bits per heavy atom. The van der Waals surface area contributed by atoms with Crippen molar-refractivity contribution in [1.82, 2.24) is 0 Å². The van der Waals surface area contributed by atoms with Gasteiger partial charge in [0.25, 0.3) is 0 Å². The molecule has 11 aromatic rings. The Balaban J connectivity index is 1.00. The van der Waals surface area contributed by atoms with Crippen LogP contribution in [-0.2, 0) is 0 Å². The van der Waals surface area contributed by atoms with Gasteiger partial charge >= 0.3 is 0 Å². The van der Waals surface area contributed by atoms with Gasteiger partial charge < -0.3 is 0 Å². The van der Waals surface area contributed by atoms with Gasteiger partial charge in [-0.25, -0.2) is 0 Å². The van der Waals surface area contributed by atoms with Crippen LogP contribution in [0.4, 0.5) is 0 Å². The molecule has 66 heavy (non-hydrogen) atoms. The van der Waals surface area contributed by atoms with E-state index >= 15 is 0 Å². The van der Waals surface area contributed by atoms with Gasteiger partial charge in [-0.15, -0.1) is 0 Å². The summed E-state index contributed by atoms with van der Waals surface area (Å²) in [6.07, 6.45) is 0. The van der Waals surface area contributed by atoms with Crippen LogP contribution in [0.15, 0.2) is 267 Å². The molecule has 31 aliphatic carbocycles. The zero-order chi connectivity index (χ0) is 43.8. The first kappa shape index (κ1) is 39.0. The van der Waals surface area contributed by atoms with Crippen LogP contribution in [0.1, 0.15) is 0 Å². The maximum absolute atomic E-state index is 2.23. The van der Waals surface area contributed by atoms with Gasteiger partial charge in [0.05, 0.1) is 0 Å². The van der Waals surface area contributed by atoms with E-state index in [1.54, 1.807) is 0 Å². The second-order valence-electron chi connectivity index (χ2n) is 17.4. The van der Waals surface area contributed by atoms with Crippen LogP contribution in [-0.4, -0.2) is 0 Å². The molecule has 0 aromatic heterocycles. The van der Waals surface area contributed by atoms with Gasteiger partial charge in [-0.1, -0.05) is 267 Å². The van der Waals surface area contributed by atoms with Crippen molar-refractivity contribution < 1.29 is 0 Å². The third-order valence-corrected chi connectivity index (χ3v) is 13.4. The van der Waals surface area contributed by atoms with E-state index in [-0.39, 0.29) is 0 Å². The monoisotopic (exact) mass is 836 g/mol. The fourth-order valence-corrected chi connectivity index (χ4v) is 9.41. The number of hydrogen-bond donors (Lipinski definition) is 0. The van der Waals surface area contributed by atoms with Crippen molar-refractivity contribution in [2.75, 3.05) is 0 Å². The molecule has 0 aliphatic heterocycles. The van der Waals surface area contributed by atoms with Gasteiger partial charge in [0.1, 0.15) is 0 Å². The Kier molecular flexibility index (Phi) is 9.97. The molecule has 0 saturated heterocycles. The molecule has 11 aromatic carbocycles. The SMILES string of the molecule is c1cc2ccc1=c1ccc(cc1)=c1ccc(cc1)=c1ccc(cc1)=c1ccc(cc1)=c1ccc(cc1)=c1ccc(cc1)=c1ccc(cc1)=c1ccc(cc1)=c1ccc(cc1)=c1ccc=2cc1. The van der Waals surface area contributed by atoms with Crippen molar-refractivity contribution in [1.29, 1.82) is 0 Å². The lowest BCUT2D eigenvalue weighted by molar-refractivity contribution is 1.38. The van der Waals surface area contributed by atoms with E-state index in [1.807, 2.05) is 0 Å². The molecule has 0 amide bonds.